The van der Waals surface area contributed by atoms with E-state index < -0.39 is 23.9 Å². The van der Waals surface area contributed by atoms with Gasteiger partial charge in [0.15, 0.2) is 0 Å². The first-order valence-corrected chi connectivity index (χ1v) is 7.26. The van der Waals surface area contributed by atoms with Crippen LogP contribution in [0.1, 0.15) is 26.2 Å². The number of carbonyl (C=O) groups is 3. The third kappa shape index (κ3) is 10.2. The number of nitrogens with one attached hydrogen (secondary N) is 2. The van der Waals surface area contributed by atoms with Crippen molar-refractivity contribution in [2.75, 3.05) is 18.1 Å². The van der Waals surface area contributed by atoms with E-state index in [0.29, 0.717) is 6.54 Å². The number of carboxylic acids is 1. The lowest BCUT2D eigenvalue weighted by Gasteiger charge is -2.14. The minimum Gasteiger partial charge on any atom is -0.480 e. The molecule has 8 heteroatoms. The van der Waals surface area contributed by atoms with Gasteiger partial charge in [-0.2, -0.15) is 11.8 Å². The average molecular weight is 291 g/mol. The van der Waals surface area contributed by atoms with E-state index >= 15 is 0 Å². The minimum atomic E-state index is -1.18. The number of carboxylic acid groups (broad SMARTS) is 1. The van der Waals surface area contributed by atoms with E-state index in [1.54, 1.807) is 11.8 Å². The van der Waals surface area contributed by atoms with Crippen molar-refractivity contribution in [3.8, 4) is 0 Å². The van der Waals surface area contributed by atoms with Crippen molar-refractivity contribution in [2.45, 2.75) is 32.2 Å². The van der Waals surface area contributed by atoms with Gasteiger partial charge >= 0.3 is 12.0 Å². The van der Waals surface area contributed by atoms with Gasteiger partial charge in [-0.1, -0.05) is 6.92 Å². The Balaban J connectivity index is 3.90. The number of carbonyl (C=O) groups excluding carboxylic acids is 2. The largest absolute Gasteiger partial charge is 0.480 e. The second kappa shape index (κ2) is 10.5. The molecule has 0 rings (SSSR count). The number of urea groups is 1. The van der Waals surface area contributed by atoms with Gasteiger partial charge in [0.25, 0.3) is 0 Å². The molecule has 5 N–H and O–H groups in total. The number of hydrogen-bond donors (Lipinski definition) is 4. The van der Waals surface area contributed by atoms with Crippen LogP contribution >= 0.6 is 11.8 Å². The summed E-state index contributed by atoms with van der Waals surface area (Å²) in [7, 11) is 0. The van der Waals surface area contributed by atoms with Gasteiger partial charge in [-0.05, 0) is 24.3 Å². The maximum atomic E-state index is 11.4. The summed E-state index contributed by atoms with van der Waals surface area (Å²) in [5.41, 5.74) is 4.94. The molecule has 0 unspecified atom stereocenters. The summed E-state index contributed by atoms with van der Waals surface area (Å²) in [4.78, 5) is 32.9. The highest BCUT2D eigenvalue weighted by atomic mass is 32.2. The van der Waals surface area contributed by atoms with Crippen LogP contribution in [0, 0.1) is 0 Å². The van der Waals surface area contributed by atoms with Crippen LogP contribution < -0.4 is 16.4 Å². The standard InChI is InChI=1S/C11H21N3O4S/c1-2-19-7-3-6-13-11(18)14-8(10(16)17)4-5-9(12)15/h8H,2-7H2,1H3,(H2,12,15)(H,16,17)(H2,13,14,18)/t8-/m1/s1. The van der Waals surface area contributed by atoms with Gasteiger partial charge in [0.2, 0.25) is 5.91 Å². The Morgan fingerprint density at radius 1 is 1.37 bits per heavy atom. The predicted molar refractivity (Wildman–Crippen MR) is 74.0 cm³/mol. The number of aliphatic carboxylic acids is 1. The van der Waals surface area contributed by atoms with Crippen molar-refractivity contribution in [1.29, 1.82) is 0 Å². The van der Waals surface area contributed by atoms with Gasteiger partial charge in [0.1, 0.15) is 6.04 Å². The third-order valence-electron chi connectivity index (χ3n) is 2.24. The summed E-state index contributed by atoms with van der Waals surface area (Å²) >= 11 is 1.77. The molecule has 0 spiro atoms. The molecule has 0 heterocycles. The van der Waals surface area contributed by atoms with E-state index in [-0.39, 0.29) is 12.8 Å². The summed E-state index contributed by atoms with van der Waals surface area (Å²) in [5, 5.41) is 13.7. The van der Waals surface area contributed by atoms with Crippen LogP contribution in [0.25, 0.3) is 0 Å². The molecule has 0 aromatic carbocycles. The summed E-state index contributed by atoms with van der Waals surface area (Å²) < 4.78 is 0. The fourth-order valence-corrected chi connectivity index (χ4v) is 1.91. The van der Waals surface area contributed by atoms with Gasteiger partial charge in [-0.25, -0.2) is 9.59 Å². The zero-order valence-electron chi connectivity index (χ0n) is 11.0. The van der Waals surface area contributed by atoms with Crippen molar-refractivity contribution >= 4 is 29.7 Å². The molecule has 7 nitrogen and oxygen atoms in total. The number of thioether (sulfide) groups is 1. The van der Waals surface area contributed by atoms with Crippen LogP contribution in [0.4, 0.5) is 4.79 Å². The van der Waals surface area contributed by atoms with E-state index in [4.69, 9.17) is 10.8 Å². The van der Waals surface area contributed by atoms with Crippen LogP contribution in [0.5, 0.6) is 0 Å². The second-order valence-electron chi connectivity index (χ2n) is 3.85. The molecule has 0 aliphatic rings. The Labute approximate surface area is 116 Å². The first-order valence-electron chi connectivity index (χ1n) is 6.10. The van der Waals surface area contributed by atoms with Crippen molar-refractivity contribution < 1.29 is 19.5 Å². The Kier molecular flexibility index (Phi) is 9.69. The number of primary amides is 1. The Bertz CT molecular complexity index is 312. The maximum absolute atomic E-state index is 11.4. The monoisotopic (exact) mass is 291 g/mol. The molecule has 0 bridgehead atoms. The highest BCUT2D eigenvalue weighted by molar-refractivity contribution is 7.99. The topological polar surface area (TPSA) is 122 Å². The molecule has 0 aliphatic carbocycles. The van der Waals surface area contributed by atoms with E-state index in [1.807, 2.05) is 0 Å². The predicted octanol–water partition coefficient (Wildman–Crippen LogP) is 0.148. The third-order valence-corrected chi connectivity index (χ3v) is 3.22. The summed E-state index contributed by atoms with van der Waals surface area (Å²) in [6, 6.07) is -1.64. The van der Waals surface area contributed by atoms with Crippen LogP contribution in [-0.4, -0.2) is 47.1 Å². The Morgan fingerprint density at radius 3 is 2.58 bits per heavy atom. The average Bonchev–Trinajstić information content (AvgIpc) is 2.33. The van der Waals surface area contributed by atoms with Crippen molar-refractivity contribution in [3.63, 3.8) is 0 Å². The number of hydrogen-bond acceptors (Lipinski definition) is 4. The van der Waals surface area contributed by atoms with Crippen molar-refractivity contribution in [1.82, 2.24) is 10.6 Å². The molecule has 0 saturated carbocycles. The maximum Gasteiger partial charge on any atom is 0.326 e. The molecule has 0 aromatic rings. The molecular weight excluding hydrogens is 270 g/mol. The molecule has 0 aliphatic heterocycles. The lowest BCUT2D eigenvalue weighted by atomic mass is 10.1. The van der Waals surface area contributed by atoms with Gasteiger partial charge < -0.3 is 21.5 Å². The lowest BCUT2D eigenvalue weighted by molar-refractivity contribution is -0.139. The van der Waals surface area contributed by atoms with E-state index in [2.05, 4.69) is 17.6 Å². The zero-order chi connectivity index (χ0) is 14.7. The minimum absolute atomic E-state index is 0.0101. The molecular formula is C11H21N3O4S. The summed E-state index contributed by atoms with van der Waals surface area (Å²) in [5.74, 6) is 0.198. The SMILES string of the molecule is CCSCCCNC(=O)N[C@H](CCC(N)=O)C(=O)O. The molecule has 3 amide bonds. The summed E-state index contributed by atoms with van der Waals surface area (Å²) in [6.07, 6.45) is 0.735. The van der Waals surface area contributed by atoms with E-state index in [0.717, 1.165) is 17.9 Å². The van der Waals surface area contributed by atoms with Gasteiger partial charge in [0, 0.05) is 13.0 Å². The number of nitrogens with two attached hydrogens (primary N) is 1. The smallest absolute Gasteiger partial charge is 0.326 e. The molecule has 0 saturated heterocycles. The van der Waals surface area contributed by atoms with E-state index in [9.17, 15) is 14.4 Å². The highest BCUT2D eigenvalue weighted by Crippen LogP contribution is 2.00. The highest BCUT2D eigenvalue weighted by Gasteiger charge is 2.20. The first kappa shape index (κ1) is 17.6. The van der Waals surface area contributed by atoms with Crippen LogP contribution in [-0.2, 0) is 9.59 Å². The fraction of sp³-hybridized carbons (Fsp3) is 0.727. The molecule has 19 heavy (non-hydrogen) atoms. The van der Waals surface area contributed by atoms with Crippen molar-refractivity contribution in [3.05, 3.63) is 0 Å². The normalized spacial score (nSPS) is 11.6. The van der Waals surface area contributed by atoms with Gasteiger partial charge in [0.05, 0.1) is 0 Å². The molecule has 1 atom stereocenters. The van der Waals surface area contributed by atoms with Crippen LogP contribution in [0.15, 0.2) is 0 Å². The van der Waals surface area contributed by atoms with Gasteiger partial charge in [-0.15, -0.1) is 0 Å². The zero-order valence-corrected chi connectivity index (χ0v) is 11.8. The number of rotatable bonds is 10. The number of amides is 3. The molecule has 0 radical (unpaired) electrons. The molecule has 0 fully saturated rings. The van der Waals surface area contributed by atoms with Gasteiger partial charge in [-0.3, -0.25) is 4.79 Å². The lowest BCUT2D eigenvalue weighted by Crippen LogP contribution is -2.46. The molecule has 0 aromatic heterocycles. The summed E-state index contributed by atoms with van der Waals surface area (Å²) in [6.45, 7) is 2.54. The van der Waals surface area contributed by atoms with Crippen molar-refractivity contribution in [2.24, 2.45) is 5.73 Å². The van der Waals surface area contributed by atoms with Crippen LogP contribution in [0.3, 0.4) is 0 Å². The van der Waals surface area contributed by atoms with E-state index in [1.165, 1.54) is 0 Å². The Hall–Kier alpha value is -1.44. The first-order chi connectivity index (χ1) is 8.97. The molecule has 110 valence electrons. The fourth-order valence-electron chi connectivity index (χ4n) is 1.27. The second-order valence-corrected chi connectivity index (χ2v) is 5.24. The Morgan fingerprint density at radius 2 is 2.05 bits per heavy atom. The quantitative estimate of drug-likeness (QED) is 0.427. The van der Waals surface area contributed by atoms with Crippen LogP contribution in [0.2, 0.25) is 0 Å².